The Labute approximate surface area is 165 Å². The summed E-state index contributed by atoms with van der Waals surface area (Å²) in [5.41, 5.74) is 2.87. The first kappa shape index (κ1) is 19.3. The van der Waals surface area contributed by atoms with E-state index in [1.54, 1.807) is 6.92 Å². The zero-order chi connectivity index (χ0) is 19.6. The average molecular weight is 370 g/mol. The monoisotopic (exact) mass is 370 g/mol. The van der Waals surface area contributed by atoms with Crippen molar-refractivity contribution in [2.75, 3.05) is 6.61 Å². The summed E-state index contributed by atoms with van der Waals surface area (Å²) >= 11 is 0. The van der Waals surface area contributed by atoms with E-state index < -0.39 is 6.10 Å². The summed E-state index contributed by atoms with van der Waals surface area (Å²) in [6.07, 6.45) is -0.237. The van der Waals surface area contributed by atoms with Gasteiger partial charge in [0.15, 0.2) is 6.10 Å². The van der Waals surface area contributed by atoms with Gasteiger partial charge in [-0.15, -0.1) is 0 Å². The minimum atomic E-state index is -0.691. The fraction of sp³-hybridized carbons (Fsp3) is 0.160. The first-order valence-corrected chi connectivity index (χ1v) is 9.29. The van der Waals surface area contributed by atoms with Gasteiger partial charge in [0.2, 0.25) is 0 Å². The third-order valence-electron chi connectivity index (χ3n) is 4.07. The van der Waals surface area contributed by atoms with E-state index in [4.69, 9.17) is 9.47 Å². The van der Waals surface area contributed by atoms with Crippen LogP contribution in [0.3, 0.4) is 0 Å². The second-order valence-corrected chi connectivity index (χ2v) is 6.19. The fourth-order valence-corrected chi connectivity index (χ4v) is 2.68. The molecule has 0 fully saturated rings. The number of benzene rings is 3. The van der Waals surface area contributed by atoms with Gasteiger partial charge in [-0.05, 0) is 48.9 Å². The van der Waals surface area contributed by atoms with Crippen LogP contribution in [-0.4, -0.2) is 18.7 Å². The Morgan fingerprint density at radius 2 is 1.39 bits per heavy atom. The normalized spacial score (nSPS) is 11.0. The lowest BCUT2D eigenvalue weighted by Gasteiger charge is -2.18. The lowest BCUT2D eigenvalue weighted by molar-refractivity contribution is -0.151. The minimum absolute atomic E-state index is 0.321. The molecule has 3 aromatic carbocycles. The van der Waals surface area contributed by atoms with E-state index in [0.717, 1.165) is 16.7 Å². The standard InChI is InChI=1S/C25H22O3/c1-2-27-25(26)24(19-22-11-7-4-8-12-22)28-23-17-15-21(16-18-23)14-13-20-9-5-3-6-10-20/h3-12,15-18,24H,2,19H2,1H3. The van der Waals surface area contributed by atoms with E-state index >= 15 is 0 Å². The SMILES string of the molecule is CCOC(=O)C(Cc1ccccc1)Oc1ccc(C#Cc2ccccc2)cc1. The Morgan fingerprint density at radius 1 is 0.821 bits per heavy atom. The van der Waals surface area contributed by atoms with Gasteiger partial charge < -0.3 is 9.47 Å². The van der Waals surface area contributed by atoms with Gasteiger partial charge in [-0.1, -0.05) is 60.4 Å². The van der Waals surface area contributed by atoms with Gasteiger partial charge in [-0.3, -0.25) is 0 Å². The third kappa shape index (κ3) is 5.75. The zero-order valence-corrected chi connectivity index (χ0v) is 15.8. The van der Waals surface area contributed by atoms with Crippen LogP contribution in [0.15, 0.2) is 84.9 Å². The smallest absolute Gasteiger partial charge is 0.347 e. The highest BCUT2D eigenvalue weighted by Gasteiger charge is 2.22. The van der Waals surface area contributed by atoms with Crippen LogP contribution in [0.1, 0.15) is 23.6 Å². The number of hydrogen-bond acceptors (Lipinski definition) is 3. The van der Waals surface area contributed by atoms with Crippen LogP contribution in [0.5, 0.6) is 5.75 Å². The van der Waals surface area contributed by atoms with Crippen LogP contribution in [0.2, 0.25) is 0 Å². The highest BCUT2D eigenvalue weighted by Crippen LogP contribution is 2.17. The molecule has 0 N–H and O–H groups in total. The van der Waals surface area contributed by atoms with Crippen LogP contribution in [0, 0.1) is 11.8 Å². The molecule has 0 amide bonds. The number of carbonyl (C=O) groups is 1. The van der Waals surface area contributed by atoms with Crippen molar-refractivity contribution in [1.29, 1.82) is 0 Å². The van der Waals surface area contributed by atoms with Crippen molar-refractivity contribution < 1.29 is 14.3 Å². The van der Waals surface area contributed by atoms with E-state index in [1.807, 2.05) is 84.9 Å². The molecule has 0 saturated heterocycles. The third-order valence-corrected chi connectivity index (χ3v) is 4.07. The van der Waals surface area contributed by atoms with Crippen LogP contribution in [0.4, 0.5) is 0 Å². The van der Waals surface area contributed by atoms with Gasteiger partial charge in [-0.2, -0.15) is 0 Å². The van der Waals surface area contributed by atoms with Gasteiger partial charge in [0.05, 0.1) is 6.61 Å². The van der Waals surface area contributed by atoms with Crippen molar-refractivity contribution >= 4 is 5.97 Å². The largest absolute Gasteiger partial charge is 0.478 e. The topological polar surface area (TPSA) is 35.5 Å². The zero-order valence-electron chi connectivity index (χ0n) is 15.8. The fourth-order valence-electron chi connectivity index (χ4n) is 2.68. The summed E-state index contributed by atoms with van der Waals surface area (Å²) in [4.78, 5) is 12.3. The molecule has 0 saturated carbocycles. The molecule has 140 valence electrons. The molecule has 28 heavy (non-hydrogen) atoms. The Balaban J connectivity index is 1.70. The maximum Gasteiger partial charge on any atom is 0.347 e. The molecule has 0 aliphatic rings. The van der Waals surface area contributed by atoms with E-state index in [-0.39, 0.29) is 5.97 Å². The van der Waals surface area contributed by atoms with Crippen molar-refractivity contribution in [2.24, 2.45) is 0 Å². The molecule has 3 rings (SSSR count). The number of ether oxygens (including phenoxy) is 2. The number of esters is 1. The lowest BCUT2D eigenvalue weighted by Crippen LogP contribution is -2.31. The maximum absolute atomic E-state index is 12.3. The minimum Gasteiger partial charge on any atom is -0.478 e. The van der Waals surface area contributed by atoms with Gasteiger partial charge in [0.1, 0.15) is 5.75 Å². The van der Waals surface area contributed by atoms with Gasteiger partial charge in [0, 0.05) is 17.5 Å². The van der Waals surface area contributed by atoms with Crippen LogP contribution < -0.4 is 4.74 Å². The Hall–Kier alpha value is -3.51. The van der Waals surface area contributed by atoms with E-state index in [0.29, 0.717) is 18.8 Å². The maximum atomic E-state index is 12.3. The molecule has 0 bridgehead atoms. The summed E-state index contributed by atoms with van der Waals surface area (Å²) < 4.78 is 11.1. The molecule has 0 heterocycles. The van der Waals surface area contributed by atoms with Crippen LogP contribution in [-0.2, 0) is 16.0 Å². The Morgan fingerprint density at radius 3 is 2.00 bits per heavy atom. The summed E-state index contributed by atoms with van der Waals surface area (Å²) in [6, 6.07) is 27.0. The van der Waals surface area contributed by atoms with Crippen molar-refractivity contribution in [1.82, 2.24) is 0 Å². The van der Waals surface area contributed by atoms with E-state index in [9.17, 15) is 4.79 Å². The number of carbonyl (C=O) groups excluding carboxylic acids is 1. The molecule has 0 spiro atoms. The molecular weight excluding hydrogens is 348 g/mol. The number of hydrogen-bond donors (Lipinski definition) is 0. The lowest BCUT2D eigenvalue weighted by atomic mass is 10.1. The molecule has 0 aliphatic heterocycles. The first-order valence-electron chi connectivity index (χ1n) is 9.29. The van der Waals surface area contributed by atoms with E-state index in [2.05, 4.69) is 11.8 Å². The predicted octanol–water partition coefficient (Wildman–Crippen LogP) is 4.64. The average Bonchev–Trinajstić information content (AvgIpc) is 2.74. The molecule has 3 heteroatoms. The van der Waals surface area contributed by atoms with Gasteiger partial charge in [-0.25, -0.2) is 4.79 Å². The summed E-state index contributed by atoms with van der Waals surface area (Å²) in [7, 11) is 0. The predicted molar refractivity (Wildman–Crippen MR) is 110 cm³/mol. The van der Waals surface area contributed by atoms with Crippen molar-refractivity contribution in [3.63, 3.8) is 0 Å². The van der Waals surface area contributed by atoms with Crippen molar-refractivity contribution in [3.8, 4) is 17.6 Å². The van der Waals surface area contributed by atoms with Gasteiger partial charge >= 0.3 is 5.97 Å². The molecule has 0 radical (unpaired) electrons. The highest BCUT2D eigenvalue weighted by atomic mass is 16.6. The van der Waals surface area contributed by atoms with Crippen LogP contribution in [0.25, 0.3) is 0 Å². The first-order chi connectivity index (χ1) is 13.7. The van der Waals surface area contributed by atoms with Crippen molar-refractivity contribution in [2.45, 2.75) is 19.4 Å². The second-order valence-electron chi connectivity index (χ2n) is 6.19. The summed E-state index contributed by atoms with van der Waals surface area (Å²) in [5.74, 6) is 6.50. The Kier molecular flexibility index (Phi) is 6.87. The molecule has 1 atom stereocenters. The summed E-state index contributed by atoms with van der Waals surface area (Å²) in [6.45, 7) is 2.11. The molecule has 1 unspecified atom stereocenters. The summed E-state index contributed by atoms with van der Waals surface area (Å²) in [5, 5.41) is 0. The quantitative estimate of drug-likeness (QED) is 0.468. The Bertz CT molecular complexity index is 936. The number of rotatable bonds is 6. The molecule has 0 aromatic heterocycles. The highest BCUT2D eigenvalue weighted by molar-refractivity contribution is 5.75. The van der Waals surface area contributed by atoms with Crippen molar-refractivity contribution in [3.05, 3.63) is 102 Å². The molecule has 0 aliphatic carbocycles. The molecular formula is C25H22O3. The van der Waals surface area contributed by atoms with Gasteiger partial charge in [0.25, 0.3) is 0 Å². The molecule has 3 nitrogen and oxygen atoms in total. The second kappa shape index (κ2) is 9.99. The van der Waals surface area contributed by atoms with Crippen LogP contribution >= 0.6 is 0 Å². The molecule has 3 aromatic rings. The van der Waals surface area contributed by atoms with E-state index in [1.165, 1.54) is 0 Å².